The van der Waals surface area contributed by atoms with Crippen LogP contribution < -0.4 is 5.32 Å². The fourth-order valence-electron chi connectivity index (χ4n) is 2.83. The topological polar surface area (TPSA) is 24.9 Å². The molecule has 18 heavy (non-hydrogen) atoms. The number of pyridine rings is 1. The maximum Gasteiger partial charge on any atom is 0.0444 e. The van der Waals surface area contributed by atoms with E-state index in [1.54, 1.807) is 0 Å². The second-order valence-electron chi connectivity index (χ2n) is 4.76. The van der Waals surface area contributed by atoms with Crippen LogP contribution in [0.4, 0.5) is 0 Å². The van der Waals surface area contributed by atoms with Gasteiger partial charge >= 0.3 is 0 Å². The lowest BCUT2D eigenvalue weighted by Gasteiger charge is -2.24. The molecule has 3 rings (SSSR count). The van der Waals surface area contributed by atoms with Gasteiger partial charge in [-0.15, -0.1) is 0 Å². The van der Waals surface area contributed by atoms with Gasteiger partial charge in [0.2, 0.25) is 0 Å². The van der Waals surface area contributed by atoms with E-state index in [0.29, 0.717) is 11.3 Å². The highest BCUT2D eigenvalue weighted by Gasteiger charge is 2.26. The quantitative estimate of drug-likeness (QED) is 0.913. The van der Waals surface area contributed by atoms with Crippen LogP contribution in [0.1, 0.15) is 24.4 Å². The lowest BCUT2D eigenvalue weighted by molar-refractivity contribution is 0.555. The Labute approximate surface area is 112 Å². The van der Waals surface area contributed by atoms with E-state index in [4.69, 9.17) is 0 Å². The molecule has 1 aromatic heterocycles. The van der Waals surface area contributed by atoms with Crippen LogP contribution in [0.5, 0.6) is 0 Å². The molecule has 0 aliphatic carbocycles. The second-order valence-corrected chi connectivity index (χ2v) is 6.11. The van der Waals surface area contributed by atoms with E-state index in [0.717, 1.165) is 0 Å². The predicted molar refractivity (Wildman–Crippen MR) is 79.0 cm³/mol. The summed E-state index contributed by atoms with van der Waals surface area (Å²) in [6, 6.07) is 9.12. The maximum absolute atomic E-state index is 4.21. The van der Waals surface area contributed by atoms with Crippen molar-refractivity contribution in [3.05, 3.63) is 42.2 Å². The summed E-state index contributed by atoms with van der Waals surface area (Å²) in [4.78, 5) is 4.21. The molecule has 1 fully saturated rings. The van der Waals surface area contributed by atoms with Gasteiger partial charge in [0.25, 0.3) is 0 Å². The van der Waals surface area contributed by atoms with E-state index in [1.165, 1.54) is 34.9 Å². The normalized spacial score (nSPS) is 21.3. The van der Waals surface area contributed by atoms with Crippen LogP contribution in [-0.4, -0.2) is 23.0 Å². The molecular weight excluding hydrogens is 240 g/mol. The molecule has 0 radical (unpaired) electrons. The number of nitrogens with one attached hydrogen (secondary N) is 1. The first-order chi connectivity index (χ1) is 8.90. The first kappa shape index (κ1) is 12.0. The van der Waals surface area contributed by atoms with E-state index >= 15 is 0 Å². The summed E-state index contributed by atoms with van der Waals surface area (Å²) in [5.74, 6) is 1.30. The van der Waals surface area contributed by atoms with Crippen LogP contribution in [-0.2, 0) is 0 Å². The fourth-order valence-corrected chi connectivity index (χ4v) is 4.27. The molecule has 1 aliphatic rings. The minimum atomic E-state index is 0.448. The highest BCUT2D eigenvalue weighted by atomic mass is 32.2. The van der Waals surface area contributed by atoms with Gasteiger partial charge in [-0.1, -0.05) is 18.2 Å². The Morgan fingerprint density at radius 1 is 1.39 bits per heavy atom. The third-order valence-electron chi connectivity index (χ3n) is 3.70. The molecule has 1 N–H and O–H groups in total. The van der Waals surface area contributed by atoms with E-state index in [9.17, 15) is 0 Å². The monoisotopic (exact) mass is 258 g/mol. The van der Waals surface area contributed by atoms with Gasteiger partial charge in [-0.25, -0.2) is 0 Å². The maximum atomic E-state index is 4.21. The molecule has 1 aliphatic heterocycles. The highest BCUT2D eigenvalue weighted by Crippen LogP contribution is 2.37. The van der Waals surface area contributed by atoms with Crippen LogP contribution in [0.15, 0.2) is 36.7 Å². The minimum Gasteiger partial charge on any atom is -0.312 e. The zero-order chi connectivity index (χ0) is 12.4. The van der Waals surface area contributed by atoms with Gasteiger partial charge in [0.15, 0.2) is 0 Å². The zero-order valence-electron chi connectivity index (χ0n) is 10.6. The smallest absolute Gasteiger partial charge is 0.0444 e. The summed E-state index contributed by atoms with van der Waals surface area (Å²) >= 11 is 2.10. The van der Waals surface area contributed by atoms with E-state index in [-0.39, 0.29) is 0 Å². The Kier molecular flexibility index (Phi) is 3.52. The van der Waals surface area contributed by atoms with Gasteiger partial charge in [0.1, 0.15) is 0 Å². The minimum absolute atomic E-state index is 0.448. The number of thioether (sulfide) groups is 1. The van der Waals surface area contributed by atoms with Crippen molar-refractivity contribution in [2.75, 3.05) is 12.8 Å². The average Bonchev–Trinajstić information content (AvgIpc) is 2.94. The molecule has 0 bridgehead atoms. The molecule has 0 saturated carbocycles. The van der Waals surface area contributed by atoms with Crippen molar-refractivity contribution in [3.8, 4) is 0 Å². The second kappa shape index (κ2) is 5.29. The number of hydrogen-bond acceptors (Lipinski definition) is 3. The van der Waals surface area contributed by atoms with Crippen LogP contribution in [0.2, 0.25) is 0 Å². The number of nitrogens with zero attached hydrogens (tertiary/aromatic N) is 1. The van der Waals surface area contributed by atoms with Crippen LogP contribution in [0, 0.1) is 0 Å². The molecule has 2 aromatic rings. The van der Waals surface area contributed by atoms with Crippen molar-refractivity contribution in [2.24, 2.45) is 0 Å². The predicted octanol–water partition coefficient (Wildman–Crippen LogP) is 3.39. The van der Waals surface area contributed by atoms with Crippen molar-refractivity contribution in [2.45, 2.75) is 24.1 Å². The molecule has 2 heterocycles. The van der Waals surface area contributed by atoms with Crippen molar-refractivity contribution in [3.63, 3.8) is 0 Å². The van der Waals surface area contributed by atoms with E-state index in [2.05, 4.69) is 53.4 Å². The number of rotatable bonds is 3. The largest absolute Gasteiger partial charge is 0.312 e. The molecule has 0 amide bonds. The number of fused-ring (bicyclic) bond motifs is 1. The van der Waals surface area contributed by atoms with E-state index < -0.39 is 0 Å². The molecule has 3 heteroatoms. The zero-order valence-corrected chi connectivity index (χ0v) is 11.4. The number of hydrogen-bond donors (Lipinski definition) is 1. The average molecular weight is 258 g/mol. The first-order valence-electron chi connectivity index (χ1n) is 6.51. The molecule has 1 aromatic carbocycles. The fraction of sp³-hybridized carbons (Fsp3) is 0.400. The molecule has 94 valence electrons. The third kappa shape index (κ3) is 2.13. The van der Waals surface area contributed by atoms with Crippen LogP contribution >= 0.6 is 11.8 Å². The summed E-state index contributed by atoms with van der Waals surface area (Å²) in [6.07, 6.45) is 6.51. The lowest BCUT2D eigenvalue weighted by Crippen LogP contribution is -2.25. The Morgan fingerprint density at radius 2 is 2.33 bits per heavy atom. The molecular formula is C15H18N2S. The van der Waals surface area contributed by atoms with Crippen LogP contribution in [0.3, 0.4) is 0 Å². The lowest BCUT2D eigenvalue weighted by atomic mass is 9.96. The number of benzene rings is 1. The van der Waals surface area contributed by atoms with Gasteiger partial charge in [-0.05, 0) is 42.7 Å². The van der Waals surface area contributed by atoms with Crippen LogP contribution in [0.25, 0.3) is 10.8 Å². The highest BCUT2D eigenvalue weighted by molar-refractivity contribution is 8.00. The Morgan fingerprint density at radius 3 is 3.11 bits per heavy atom. The molecule has 0 spiro atoms. The summed E-state index contributed by atoms with van der Waals surface area (Å²) in [6.45, 7) is 0. The van der Waals surface area contributed by atoms with Crippen molar-refractivity contribution in [1.82, 2.24) is 10.3 Å². The van der Waals surface area contributed by atoms with Gasteiger partial charge in [-0.2, -0.15) is 11.8 Å². The van der Waals surface area contributed by atoms with Gasteiger partial charge in [0, 0.05) is 29.1 Å². The first-order valence-corrected chi connectivity index (χ1v) is 7.56. The summed E-state index contributed by atoms with van der Waals surface area (Å²) in [5.41, 5.74) is 1.41. The summed E-state index contributed by atoms with van der Waals surface area (Å²) < 4.78 is 0. The number of aromatic nitrogens is 1. The SMILES string of the molecule is CNC(c1cccc2cnccc12)C1CCCS1. The Hall–Kier alpha value is -1.06. The van der Waals surface area contributed by atoms with E-state index in [1.807, 2.05) is 12.4 Å². The van der Waals surface area contributed by atoms with Gasteiger partial charge < -0.3 is 5.32 Å². The van der Waals surface area contributed by atoms with Gasteiger partial charge in [0.05, 0.1) is 0 Å². The third-order valence-corrected chi connectivity index (χ3v) is 5.16. The standard InChI is InChI=1S/C15H18N2S/c1-16-15(14-6-3-9-18-14)13-5-2-4-11-10-17-8-7-12(11)13/h2,4-5,7-8,10,14-16H,3,6,9H2,1H3. The molecule has 2 unspecified atom stereocenters. The van der Waals surface area contributed by atoms with Crippen molar-refractivity contribution in [1.29, 1.82) is 0 Å². The summed E-state index contributed by atoms with van der Waals surface area (Å²) in [7, 11) is 2.07. The van der Waals surface area contributed by atoms with Crippen molar-refractivity contribution < 1.29 is 0 Å². The Balaban J connectivity index is 2.06. The molecule has 1 saturated heterocycles. The molecule has 2 atom stereocenters. The molecule has 2 nitrogen and oxygen atoms in total. The van der Waals surface area contributed by atoms with Crippen molar-refractivity contribution >= 4 is 22.5 Å². The summed E-state index contributed by atoms with van der Waals surface area (Å²) in [5, 5.41) is 6.78. The van der Waals surface area contributed by atoms with Gasteiger partial charge in [-0.3, -0.25) is 4.98 Å². The Bertz CT molecular complexity index is 530.